The third-order valence-electron chi connectivity index (χ3n) is 6.47. The summed E-state index contributed by atoms with van der Waals surface area (Å²) in [7, 11) is 2.17. The first-order chi connectivity index (χ1) is 14.9. The van der Waals surface area contributed by atoms with E-state index in [4.69, 9.17) is 0 Å². The Hall–Kier alpha value is -3.59. The molecule has 6 rings (SSSR count). The van der Waals surface area contributed by atoms with Gasteiger partial charge in [-0.3, -0.25) is 9.13 Å². The van der Waals surface area contributed by atoms with Crippen molar-refractivity contribution in [3.63, 3.8) is 0 Å². The lowest BCUT2D eigenvalue weighted by Gasteiger charge is -2.30. The van der Waals surface area contributed by atoms with Crippen LogP contribution in [-0.2, 0) is 5.41 Å². The second-order valence-electron chi connectivity index (χ2n) is 9.43. The minimum atomic E-state index is 0.139. The summed E-state index contributed by atoms with van der Waals surface area (Å²) < 4.78 is 4.41. The van der Waals surface area contributed by atoms with Gasteiger partial charge in [-0.15, -0.1) is 0 Å². The topological polar surface area (TPSA) is 12.1 Å². The summed E-state index contributed by atoms with van der Waals surface area (Å²) in [6, 6.07) is 28.4. The molecule has 31 heavy (non-hydrogen) atoms. The molecule has 3 heteroatoms. The Kier molecular flexibility index (Phi) is 3.64. The molecule has 0 saturated carbocycles. The van der Waals surface area contributed by atoms with Gasteiger partial charge in [0.1, 0.15) is 5.52 Å². The molecule has 5 aromatic rings. The molecule has 3 nitrogen and oxygen atoms in total. The van der Waals surface area contributed by atoms with E-state index in [1.807, 2.05) is 0 Å². The van der Waals surface area contributed by atoms with Crippen LogP contribution in [-0.4, -0.2) is 11.6 Å². The fourth-order valence-electron chi connectivity index (χ4n) is 4.78. The van der Waals surface area contributed by atoms with Crippen molar-refractivity contribution in [2.75, 3.05) is 11.9 Å². The van der Waals surface area contributed by atoms with E-state index in [-0.39, 0.29) is 5.41 Å². The predicted molar refractivity (Wildman–Crippen MR) is 128 cm³/mol. The molecule has 4 aromatic carbocycles. The van der Waals surface area contributed by atoms with Crippen LogP contribution in [0.4, 0.5) is 11.4 Å². The van der Waals surface area contributed by atoms with Crippen LogP contribution in [0.2, 0.25) is 0 Å². The molecule has 0 fully saturated rings. The third-order valence-corrected chi connectivity index (χ3v) is 6.47. The van der Waals surface area contributed by atoms with E-state index in [0.29, 0.717) is 0 Å². The van der Waals surface area contributed by atoms with Gasteiger partial charge in [-0.05, 0) is 40.6 Å². The molecule has 0 spiro atoms. The predicted octanol–water partition coefficient (Wildman–Crippen LogP) is 6.24. The van der Waals surface area contributed by atoms with Gasteiger partial charge in [-0.2, -0.15) is 0 Å². The third kappa shape index (κ3) is 2.56. The Balaban J connectivity index is 1.63. The van der Waals surface area contributed by atoms with Crippen LogP contribution in [0.1, 0.15) is 26.3 Å². The highest BCUT2D eigenvalue weighted by Crippen LogP contribution is 2.41. The number of fused-ring (bicyclic) bond motifs is 4. The summed E-state index contributed by atoms with van der Waals surface area (Å²) in [5.74, 6) is 0. The number of benzene rings is 4. The molecule has 0 N–H and O–H groups in total. The van der Waals surface area contributed by atoms with Gasteiger partial charge in [-0.25, -0.2) is 0 Å². The van der Waals surface area contributed by atoms with Crippen molar-refractivity contribution in [2.45, 2.75) is 26.2 Å². The van der Waals surface area contributed by atoms with E-state index in [2.05, 4.69) is 127 Å². The van der Waals surface area contributed by atoms with Crippen LogP contribution in [0.15, 0.2) is 78.9 Å². The Morgan fingerprint density at radius 2 is 1.58 bits per heavy atom. The van der Waals surface area contributed by atoms with Crippen LogP contribution in [0.25, 0.3) is 33.2 Å². The van der Waals surface area contributed by atoms with Crippen molar-refractivity contribution in [1.29, 1.82) is 0 Å². The highest BCUT2D eigenvalue weighted by molar-refractivity contribution is 6.03. The minimum absolute atomic E-state index is 0.139. The molecular formula is C28H25N3. The number of hydrogen-bond donors (Lipinski definition) is 0. The standard InChI is InChI=1S/C28H25N3/c1-28(2,3)20-13-15-21(16-14-20)30-18-31-25-17-12-19-8-5-6-9-22(19)26(25)29(4)23-10-7-11-24(30)27(23)31/h5-17H,1-4H3. The van der Waals surface area contributed by atoms with E-state index in [1.54, 1.807) is 0 Å². The monoisotopic (exact) mass is 403 g/mol. The molecule has 152 valence electrons. The zero-order chi connectivity index (χ0) is 21.3. The lowest BCUT2D eigenvalue weighted by atomic mass is 9.87. The van der Waals surface area contributed by atoms with Gasteiger partial charge in [0.05, 0.1) is 22.6 Å². The van der Waals surface area contributed by atoms with Crippen LogP contribution < -0.4 is 9.47 Å². The number of anilines is 2. The molecule has 0 bridgehead atoms. The van der Waals surface area contributed by atoms with Gasteiger partial charge >= 0.3 is 0 Å². The maximum atomic E-state index is 3.65. The van der Waals surface area contributed by atoms with Crippen LogP contribution >= 0.6 is 0 Å². The fraction of sp³-hybridized carbons (Fsp3) is 0.179. The maximum absolute atomic E-state index is 3.65. The van der Waals surface area contributed by atoms with Crippen molar-refractivity contribution in [3.05, 3.63) is 90.8 Å². The first kappa shape index (κ1) is 18.2. The number of nitrogens with zero attached hydrogens (tertiary/aromatic N) is 3. The molecule has 1 aliphatic heterocycles. The summed E-state index contributed by atoms with van der Waals surface area (Å²) in [5.41, 5.74) is 8.53. The van der Waals surface area contributed by atoms with Crippen molar-refractivity contribution < 1.29 is 4.57 Å². The summed E-state index contributed by atoms with van der Waals surface area (Å²) in [6.45, 7) is 6.75. The average molecular weight is 404 g/mol. The molecule has 1 aliphatic rings. The van der Waals surface area contributed by atoms with E-state index in [9.17, 15) is 0 Å². The number of para-hydroxylation sites is 1. The van der Waals surface area contributed by atoms with Crippen LogP contribution in [0.3, 0.4) is 0 Å². The van der Waals surface area contributed by atoms with Gasteiger partial charge in [0.2, 0.25) is 0 Å². The van der Waals surface area contributed by atoms with E-state index in [0.717, 1.165) is 16.9 Å². The Morgan fingerprint density at radius 3 is 2.35 bits per heavy atom. The SMILES string of the molecule is CN1c2c(ccc3ccccc23)-[n+]2[c-]n(-c3ccc(C(C)(C)C)cc3)c3cccc1c32. The van der Waals surface area contributed by atoms with E-state index in [1.165, 1.54) is 33.2 Å². The second kappa shape index (κ2) is 6.21. The maximum Gasteiger partial charge on any atom is 0.269 e. The van der Waals surface area contributed by atoms with Crippen molar-refractivity contribution >= 4 is 33.2 Å². The molecular weight excluding hydrogens is 378 g/mol. The Labute approximate surface area is 182 Å². The van der Waals surface area contributed by atoms with Crippen molar-refractivity contribution in [1.82, 2.24) is 4.57 Å². The van der Waals surface area contributed by atoms with E-state index >= 15 is 0 Å². The highest BCUT2D eigenvalue weighted by atomic mass is 15.2. The van der Waals surface area contributed by atoms with E-state index < -0.39 is 0 Å². The highest BCUT2D eigenvalue weighted by Gasteiger charge is 2.26. The Bertz CT molecular complexity index is 1470. The largest absolute Gasteiger partial charge is 0.350 e. The lowest BCUT2D eigenvalue weighted by molar-refractivity contribution is -0.572. The van der Waals surface area contributed by atoms with Gasteiger partial charge in [0.25, 0.3) is 6.33 Å². The molecule has 1 aromatic heterocycles. The summed E-state index contributed by atoms with van der Waals surface area (Å²) in [4.78, 5) is 2.32. The van der Waals surface area contributed by atoms with Crippen molar-refractivity contribution in [2.24, 2.45) is 0 Å². The average Bonchev–Trinajstić information content (AvgIpc) is 3.17. The minimum Gasteiger partial charge on any atom is -0.350 e. The van der Waals surface area contributed by atoms with Gasteiger partial charge in [-0.1, -0.05) is 75.4 Å². The first-order valence-electron chi connectivity index (χ1n) is 10.8. The lowest BCUT2D eigenvalue weighted by Crippen LogP contribution is -2.36. The Morgan fingerprint density at radius 1 is 0.806 bits per heavy atom. The first-order valence-corrected chi connectivity index (χ1v) is 10.8. The van der Waals surface area contributed by atoms with Gasteiger partial charge < -0.3 is 4.90 Å². The number of rotatable bonds is 1. The molecule has 0 aliphatic carbocycles. The normalized spacial score (nSPS) is 13.1. The summed E-state index contributed by atoms with van der Waals surface area (Å²) in [6.07, 6.45) is 3.65. The van der Waals surface area contributed by atoms with Gasteiger partial charge in [0.15, 0.2) is 0 Å². The summed E-state index contributed by atoms with van der Waals surface area (Å²) >= 11 is 0. The molecule has 0 atom stereocenters. The van der Waals surface area contributed by atoms with Crippen LogP contribution in [0, 0.1) is 6.33 Å². The molecule has 0 amide bonds. The number of aromatic nitrogens is 2. The molecule has 0 saturated heterocycles. The van der Waals surface area contributed by atoms with Gasteiger partial charge in [0, 0.05) is 18.1 Å². The van der Waals surface area contributed by atoms with Crippen molar-refractivity contribution in [3.8, 4) is 11.4 Å². The molecule has 2 heterocycles. The number of imidazole rings is 1. The molecule has 0 unspecified atom stereocenters. The molecule has 0 radical (unpaired) electrons. The number of hydrogen-bond acceptors (Lipinski definition) is 1. The fourth-order valence-corrected chi connectivity index (χ4v) is 4.78. The zero-order valence-corrected chi connectivity index (χ0v) is 18.3. The smallest absolute Gasteiger partial charge is 0.269 e. The quantitative estimate of drug-likeness (QED) is 0.238. The zero-order valence-electron chi connectivity index (χ0n) is 18.3. The van der Waals surface area contributed by atoms with Crippen LogP contribution in [0.5, 0.6) is 0 Å². The second-order valence-corrected chi connectivity index (χ2v) is 9.43. The summed E-state index contributed by atoms with van der Waals surface area (Å²) in [5, 5.41) is 2.51.